The third kappa shape index (κ3) is 5.99. The molecule has 0 radical (unpaired) electrons. The van der Waals surface area contributed by atoms with E-state index in [0.29, 0.717) is 5.56 Å². The summed E-state index contributed by atoms with van der Waals surface area (Å²) in [5.41, 5.74) is 0.432. The molecule has 1 aliphatic rings. The first-order valence-electron chi connectivity index (χ1n) is 8.67. The number of carbonyl (C=O) groups is 4. The molecule has 1 aliphatic heterocycles. The largest absolute Gasteiger partial charge is 0.508 e. The summed E-state index contributed by atoms with van der Waals surface area (Å²) in [6.07, 6.45) is -2.36. The number of ketones is 1. The maximum atomic E-state index is 11.9. The van der Waals surface area contributed by atoms with Crippen LogP contribution in [0.4, 0.5) is 10.5 Å². The van der Waals surface area contributed by atoms with Crippen LogP contribution in [0.5, 0.6) is 0 Å². The van der Waals surface area contributed by atoms with Crippen LogP contribution >= 0.6 is 0 Å². The van der Waals surface area contributed by atoms with E-state index >= 15 is 0 Å². The quantitative estimate of drug-likeness (QED) is 0.209. The predicted molar refractivity (Wildman–Crippen MR) is 95.5 cm³/mol. The normalized spacial score (nSPS) is 18.6. The number of Topliss-reactive ketones (excluding diaryl/α,β-unsaturated/α-hetero) is 1. The Bertz CT molecular complexity index is 806. The summed E-state index contributed by atoms with van der Waals surface area (Å²) in [6.45, 7) is 1.33. The number of benzene rings is 1. The molecule has 1 heterocycles. The molecule has 2 rings (SSSR count). The number of carbonyl (C=O) groups excluding carboxylic acids is 4. The molecule has 11 nitrogen and oxygen atoms in total. The van der Waals surface area contributed by atoms with Crippen molar-refractivity contribution in [3.05, 3.63) is 39.9 Å². The number of nitro benzene ring substituents is 1. The van der Waals surface area contributed by atoms with Crippen LogP contribution in [0.15, 0.2) is 24.3 Å². The summed E-state index contributed by atoms with van der Waals surface area (Å²) in [4.78, 5) is 56.6. The second-order valence-corrected chi connectivity index (χ2v) is 6.42. The van der Waals surface area contributed by atoms with E-state index in [9.17, 15) is 29.3 Å². The fourth-order valence-electron chi connectivity index (χ4n) is 2.84. The van der Waals surface area contributed by atoms with E-state index in [1.54, 1.807) is 0 Å². The number of β-lactam (4-membered cyclic amide) rings is 1. The van der Waals surface area contributed by atoms with Gasteiger partial charge in [-0.3, -0.25) is 24.5 Å². The van der Waals surface area contributed by atoms with Crippen molar-refractivity contribution in [2.45, 2.75) is 38.5 Å². The van der Waals surface area contributed by atoms with E-state index in [2.05, 4.69) is 10.1 Å². The molecule has 1 saturated heterocycles. The number of nitro groups is 1. The Morgan fingerprint density at radius 3 is 2.45 bits per heavy atom. The standard InChI is InChI=1S/C18H20N2O9/c1-10(16-14(19-17(16)23)7-13(21)8-15(22)27-2)29-18(24)28-9-11-3-5-12(6-4-11)20(25)26/h3-6,10,14,16H,7-9H2,1-2H3,(H,19,23)/t10-,14+,16+/m0/s1. The number of ether oxygens (including phenoxy) is 3. The molecule has 1 amide bonds. The fourth-order valence-corrected chi connectivity index (χ4v) is 2.84. The lowest BCUT2D eigenvalue weighted by molar-refractivity contribution is -0.384. The van der Waals surface area contributed by atoms with E-state index in [1.807, 2.05) is 0 Å². The maximum Gasteiger partial charge on any atom is 0.508 e. The highest BCUT2D eigenvalue weighted by Crippen LogP contribution is 2.25. The molecule has 1 fully saturated rings. The third-order valence-electron chi connectivity index (χ3n) is 4.37. The molecule has 1 aromatic rings. The molecule has 0 unspecified atom stereocenters. The van der Waals surface area contributed by atoms with Crippen molar-refractivity contribution in [1.29, 1.82) is 0 Å². The van der Waals surface area contributed by atoms with Crippen LogP contribution in [0.3, 0.4) is 0 Å². The first-order chi connectivity index (χ1) is 13.7. The SMILES string of the molecule is COC(=O)CC(=O)C[C@H]1NC(=O)[C@@H]1[C@H](C)OC(=O)OCc1ccc([N+](=O)[O-])cc1. The highest BCUT2D eigenvalue weighted by molar-refractivity contribution is 5.97. The fraction of sp³-hybridized carbons (Fsp3) is 0.444. The van der Waals surface area contributed by atoms with E-state index in [1.165, 1.54) is 38.3 Å². The first kappa shape index (κ1) is 21.8. The van der Waals surface area contributed by atoms with Gasteiger partial charge in [-0.1, -0.05) is 0 Å². The minimum absolute atomic E-state index is 0.0863. The van der Waals surface area contributed by atoms with Crippen molar-refractivity contribution >= 4 is 29.5 Å². The molecule has 11 heteroatoms. The Morgan fingerprint density at radius 1 is 1.24 bits per heavy atom. The van der Waals surface area contributed by atoms with Gasteiger partial charge >= 0.3 is 12.1 Å². The smallest absolute Gasteiger partial charge is 0.469 e. The predicted octanol–water partition coefficient (Wildman–Crippen LogP) is 1.27. The lowest BCUT2D eigenvalue weighted by Gasteiger charge is -2.39. The summed E-state index contributed by atoms with van der Waals surface area (Å²) in [6, 6.07) is 4.88. The van der Waals surface area contributed by atoms with Crippen LogP contribution in [0.1, 0.15) is 25.3 Å². The van der Waals surface area contributed by atoms with Gasteiger partial charge in [-0.15, -0.1) is 0 Å². The molecule has 0 aliphatic carbocycles. The topological polar surface area (TPSA) is 151 Å². The lowest BCUT2D eigenvalue weighted by atomic mass is 9.82. The van der Waals surface area contributed by atoms with Crippen LogP contribution in [-0.2, 0) is 35.2 Å². The van der Waals surface area contributed by atoms with E-state index in [4.69, 9.17) is 9.47 Å². The number of hydrogen-bond donors (Lipinski definition) is 1. The first-order valence-corrected chi connectivity index (χ1v) is 8.67. The van der Waals surface area contributed by atoms with Crippen LogP contribution in [-0.4, -0.2) is 48.0 Å². The van der Waals surface area contributed by atoms with Gasteiger partial charge in [-0.2, -0.15) is 0 Å². The molecule has 0 spiro atoms. The van der Waals surface area contributed by atoms with E-state index in [-0.39, 0.29) is 24.6 Å². The van der Waals surface area contributed by atoms with Crippen molar-refractivity contribution in [1.82, 2.24) is 5.32 Å². The molecule has 1 N–H and O–H groups in total. The molecule has 3 atom stereocenters. The number of amides is 1. The number of methoxy groups -OCH3 is 1. The van der Waals surface area contributed by atoms with Gasteiger partial charge in [-0.25, -0.2) is 4.79 Å². The molecule has 0 aromatic heterocycles. The Hall–Kier alpha value is -3.50. The Balaban J connectivity index is 1.81. The van der Waals surface area contributed by atoms with Crippen molar-refractivity contribution < 1.29 is 38.3 Å². The number of non-ortho nitro benzene ring substituents is 1. The van der Waals surface area contributed by atoms with Gasteiger partial charge in [0.2, 0.25) is 5.91 Å². The van der Waals surface area contributed by atoms with Crippen LogP contribution in [0, 0.1) is 16.0 Å². The van der Waals surface area contributed by atoms with E-state index < -0.39 is 47.3 Å². The lowest BCUT2D eigenvalue weighted by Crippen LogP contribution is -2.63. The molecular formula is C18H20N2O9. The van der Waals surface area contributed by atoms with Gasteiger partial charge in [0.15, 0.2) is 0 Å². The van der Waals surface area contributed by atoms with Gasteiger partial charge in [0.1, 0.15) is 24.9 Å². The second kappa shape index (κ2) is 9.62. The Labute approximate surface area is 165 Å². The number of hydrogen-bond acceptors (Lipinski definition) is 9. The monoisotopic (exact) mass is 408 g/mol. The maximum absolute atomic E-state index is 11.9. The summed E-state index contributed by atoms with van der Waals surface area (Å²) in [7, 11) is 1.17. The Morgan fingerprint density at radius 2 is 1.90 bits per heavy atom. The van der Waals surface area contributed by atoms with Crippen molar-refractivity contribution in [2.24, 2.45) is 5.92 Å². The van der Waals surface area contributed by atoms with Crippen molar-refractivity contribution in [3.8, 4) is 0 Å². The van der Waals surface area contributed by atoms with Gasteiger partial charge < -0.3 is 19.5 Å². The van der Waals surface area contributed by atoms with Crippen LogP contribution < -0.4 is 5.32 Å². The summed E-state index contributed by atoms with van der Waals surface area (Å²) < 4.78 is 14.5. The Kier molecular flexibility index (Phi) is 7.23. The molecule has 0 bridgehead atoms. The third-order valence-corrected chi connectivity index (χ3v) is 4.37. The van der Waals surface area contributed by atoms with Gasteiger partial charge in [0.25, 0.3) is 5.69 Å². The van der Waals surface area contributed by atoms with E-state index in [0.717, 1.165) is 0 Å². The summed E-state index contributed by atoms with van der Waals surface area (Å²) >= 11 is 0. The van der Waals surface area contributed by atoms with Crippen LogP contribution in [0.2, 0.25) is 0 Å². The number of nitrogens with zero attached hydrogens (tertiary/aromatic N) is 1. The van der Waals surface area contributed by atoms with Crippen LogP contribution in [0.25, 0.3) is 0 Å². The summed E-state index contributed by atoms with van der Waals surface area (Å²) in [5.74, 6) is -2.20. The second-order valence-electron chi connectivity index (χ2n) is 6.42. The summed E-state index contributed by atoms with van der Waals surface area (Å²) in [5, 5.41) is 13.2. The number of rotatable bonds is 9. The van der Waals surface area contributed by atoms with Gasteiger partial charge in [-0.05, 0) is 24.6 Å². The van der Waals surface area contributed by atoms with Crippen molar-refractivity contribution in [2.75, 3.05) is 7.11 Å². The molecule has 1 aromatic carbocycles. The highest BCUT2D eigenvalue weighted by Gasteiger charge is 2.45. The average molecular weight is 408 g/mol. The average Bonchev–Trinajstić information content (AvgIpc) is 2.65. The molecule has 0 saturated carbocycles. The number of nitrogens with one attached hydrogen (secondary N) is 1. The molecule has 156 valence electrons. The zero-order valence-corrected chi connectivity index (χ0v) is 15.8. The highest BCUT2D eigenvalue weighted by atomic mass is 16.7. The van der Waals surface area contributed by atoms with Gasteiger partial charge in [0, 0.05) is 18.6 Å². The zero-order valence-electron chi connectivity index (χ0n) is 15.8. The zero-order chi connectivity index (χ0) is 21.6. The minimum atomic E-state index is -1.02. The number of esters is 1. The van der Waals surface area contributed by atoms with Crippen molar-refractivity contribution in [3.63, 3.8) is 0 Å². The molecule has 29 heavy (non-hydrogen) atoms. The molecular weight excluding hydrogens is 388 g/mol. The van der Waals surface area contributed by atoms with Gasteiger partial charge in [0.05, 0.1) is 24.0 Å². The minimum Gasteiger partial charge on any atom is -0.469 e.